The topological polar surface area (TPSA) is 48.9 Å². The minimum Gasteiger partial charge on any atom is -0.379 e. The molecule has 1 aliphatic heterocycles. The van der Waals surface area contributed by atoms with Crippen molar-refractivity contribution >= 4 is 29.9 Å². The summed E-state index contributed by atoms with van der Waals surface area (Å²) in [4.78, 5) is 6.49. The van der Waals surface area contributed by atoms with E-state index in [0.29, 0.717) is 32.3 Å². The molecule has 2 aromatic rings. The Balaban J connectivity index is 0.00000341. The van der Waals surface area contributed by atoms with E-state index in [9.17, 15) is 13.2 Å². The number of morpholine rings is 1. The van der Waals surface area contributed by atoms with E-state index in [2.05, 4.69) is 20.5 Å². The molecule has 0 bridgehead atoms. The average molecular weight is 548 g/mol. The Kier molecular flexibility index (Phi) is 10.0. The predicted octanol–water partition coefficient (Wildman–Crippen LogP) is 4.06. The molecule has 0 aromatic heterocycles. The largest absolute Gasteiger partial charge is 0.416 e. The van der Waals surface area contributed by atoms with Crippen molar-refractivity contribution in [2.75, 3.05) is 39.9 Å². The van der Waals surface area contributed by atoms with Crippen molar-refractivity contribution in [3.05, 3.63) is 71.3 Å². The predicted molar refractivity (Wildman–Crippen MR) is 127 cm³/mol. The highest BCUT2D eigenvalue weighted by Gasteiger charge is 2.31. The van der Waals surface area contributed by atoms with E-state index in [4.69, 9.17) is 4.74 Å². The second kappa shape index (κ2) is 12.3. The van der Waals surface area contributed by atoms with E-state index in [1.165, 1.54) is 0 Å². The van der Waals surface area contributed by atoms with Crippen LogP contribution in [0.1, 0.15) is 22.7 Å². The van der Waals surface area contributed by atoms with Gasteiger partial charge in [0, 0.05) is 33.2 Å². The maximum Gasteiger partial charge on any atom is 0.416 e. The van der Waals surface area contributed by atoms with Gasteiger partial charge in [0.25, 0.3) is 0 Å². The molecule has 0 spiro atoms. The van der Waals surface area contributed by atoms with Crippen molar-refractivity contribution in [1.82, 2.24) is 15.5 Å². The summed E-state index contributed by atoms with van der Waals surface area (Å²) in [6.07, 6.45) is -4.34. The SMILES string of the molecule is CN=C(NCc1ccccc1)NCC(c1ccc(C(F)(F)F)cc1)N1CCOCC1.I. The standard InChI is InChI=1S/C22H27F3N4O.HI/c1-26-21(27-15-17-5-3-2-4-6-17)28-16-20(29-11-13-30-14-12-29)18-7-9-19(10-8-18)22(23,24)25;/h2-10,20H,11-16H2,1H3,(H2,26,27,28);1H. The highest BCUT2D eigenvalue weighted by Crippen LogP contribution is 2.31. The Morgan fingerprint density at radius 1 is 1.03 bits per heavy atom. The van der Waals surface area contributed by atoms with Crippen molar-refractivity contribution in [3.63, 3.8) is 0 Å². The molecular formula is C22H28F3IN4O. The van der Waals surface area contributed by atoms with E-state index >= 15 is 0 Å². The Labute approximate surface area is 198 Å². The van der Waals surface area contributed by atoms with Crippen LogP contribution < -0.4 is 10.6 Å². The van der Waals surface area contributed by atoms with Crippen molar-refractivity contribution in [1.29, 1.82) is 0 Å². The van der Waals surface area contributed by atoms with Gasteiger partial charge in [-0.05, 0) is 23.3 Å². The zero-order chi connectivity index (χ0) is 21.4. The number of ether oxygens (including phenoxy) is 1. The maximum absolute atomic E-state index is 12.9. The number of aliphatic imine (C=N–C) groups is 1. The fourth-order valence-electron chi connectivity index (χ4n) is 3.44. The van der Waals surface area contributed by atoms with Gasteiger partial charge in [-0.15, -0.1) is 24.0 Å². The number of alkyl halides is 3. The summed E-state index contributed by atoms with van der Waals surface area (Å²) in [6.45, 7) is 3.81. The lowest BCUT2D eigenvalue weighted by Gasteiger charge is -2.35. The lowest BCUT2D eigenvalue weighted by molar-refractivity contribution is -0.137. The summed E-state index contributed by atoms with van der Waals surface area (Å²) in [5.41, 5.74) is 1.32. The molecule has 9 heteroatoms. The quantitative estimate of drug-likeness (QED) is 0.325. The molecule has 170 valence electrons. The Morgan fingerprint density at radius 3 is 2.26 bits per heavy atom. The number of rotatable bonds is 6. The Bertz CT molecular complexity index is 810. The number of nitrogens with one attached hydrogen (secondary N) is 2. The molecule has 1 unspecified atom stereocenters. The number of hydrogen-bond donors (Lipinski definition) is 2. The second-order valence-electron chi connectivity index (χ2n) is 7.08. The third-order valence-corrected chi connectivity index (χ3v) is 5.10. The van der Waals surface area contributed by atoms with Crippen molar-refractivity contribution in [2.45, 2.75) is 18.8 Å². The number of nitrogens with zero attached hydrogens (tertiary/aromatic N) is 2. The summed E-state index contributed by atoms with van der Waals surface area (Å²) in [5, 5.41) is 6.59. The number of guanidine groups is 1. The van der Waals surface area contributed by atoms with Crippen LogP contribution in [0.4, 0.5) is 13.2 Å². The number of benzene rings is 2. The van der Waals surface area contributed by atoms with Gasteiger partial charge in [0.15, 0.2) is 5.96 Å². The molecule has 1 fully saturated rings. The number of halogens is 4. The number of hydrogen-bond acceptors (Lipinski definition) is 3. The van der Waals surface area contributed by atoms with Crippen LogP contribution in [0.25, 0.3) is 0 Å². The van der Waals surface area contributed by atoms with Crippen LogP contribution in [-0.4, -0.2) is 50.8 Å². The van der Waals surface area contributed by atoms with Gasteiger partial charge in [0.05, 0.1) is 24.8 Å². The molecule has 5 nitrogen and oxygen atoms in total. The molecule has 0 aliphatic carbocycles. The van der Waals surface area contributed by atoms with E-state index in [1.54, 1.807) is 19.2 Å². The normalized spacial score (nSPS) is 16.3. The second-order valence-corrected chi connectivity index (χ2v) is 7.08. The zero-order valence-electron chi connectivity index (χ0n) is 17.4. The van der Waals surface area contributed by atoms with Gasteiger partial charge >= 0.3 is 6.18 Å². The fourth-order valence-corrected chi connectivity index (χ4v) is 3.44. The first-order valence-corrected chi connectivity index (χ1v) is 9.95. The van der Waals surface area contributed by atoms with Gasteiger partial charge < -0.3 is 15.4 Å². The smallest absolute Gasteiger partial charge is 0.379 e. The van der Waals surface area contributed by atoms with Gasteiger partial charge in [-0.1, -0.05) is 42.5 Å². The van der Waals surface area contributed by atoms with Crippen LogP contribution in [0.5, 0.6) is 0 Å². The molecule has 31 heavy (non-hydrogen) atoms. The summed E-state index contributed by atoms with van der Waals surface area (Å²) in [7, 11) is 1.70. The lowest BCUT2D eigenvalue weighted by Crippen LogP contribution is -2.46. The summed E-state index contributed by atoms with van der Waals surface area (Å²) >= 11 is 0. The summed E-state index contributed by atoms with van der Waals surface area (Å²) in [6, 6.07) is 15.3. The van der Waals surface area contributed by atoms with Crippen LogP contribution in [0, 0.1) is 0 Å². The third kappa shape index (κ3) is 7.65. The first-order valence-electron chi connectivity index (χ1n) is 9.95. The van der Waals surface area contributed by atoms with Crippen molar-refractivity contribution in [2.24, 2.45) is 4.99 Å². The van der Waals surface area contributed by atoms with Crippen LogP contribution in [0.2, 0.25) is 0 Å². The monoisotopic (exact) mass is 548 g/mol. The highest BCUT2D eigenvalue weighted by atomic mass is 127. The third-order valence-electron chi connectivity index (χ3n) is 5.10. The Hall–Kier alpha value is -1.85. The van der Waals surface area contributed by atoms with E-state index in [-0.39, 0.29) is 30.0 Å². The molecule has 2 aromatic carbocycles. The van der Waals surface area contributed by atoms with Gasteiger partial charge in [-0.2, -0.15) is 13.2 Å². The van der Waals surface area contributed by atoms with Crippen LogP contribution in [-0.2, 0) is 17.5 Å². The molecule has 1 atom stereocenters. The molecule has 0 amide bonds. The molecule has 1 aliphatic rings. The molecular weight excluding hydrogens is 520 g/mol. The van der Waals surface area contributed by atoms with Crippen LogP contribution in [0.3, 0.4) is 0 Å². The van der Waals surface area contributed by atoms with Crippen molar-refractivity contribution < 1.29 is 17.9 Å². The van der Waals surface area contributed by atoms with Crippen LogP contribution >= 0.6 is 24.0 Å². The van der Waals surface area contributed by atoms with E-state index < -0.39 is 11.7 Å². The fraction of sp³-hybridized carbons (Fsp3) is 0.409. The molecule has 0 saturated carbocycles. The van der Waals surface area contributed by atoms with Gasteiger partial charge in [-0.25, -0.2) is 0 Å². The van der Waals surface area contributed by atoms with E-state index in [0.717, 1.165) is 36.3 Å². The molecule has 2 N–H and O–H groups in total. The summed E-state index contributed by atoms with van der Waals surface area (Å²) in [5.74, 6) is 0.643. The lowest BCUT2D eigenvalue weighted by atomic mass is 10.0. The maximum atomic E-state index is 12.9. The first kappa shape index (κ1) is 25.4. The zero-order valence-corrected chi connectivity index (χ0v) is 19.7. The van der Waals surface area contributed by atoms with E-state index in [1.807, 2.05) is 30.3 Å². The minimum atomic E-state index is -4.34. The van der Waals surface area contributed by atoms with Gasteiger partial charge in [-0.3, -0.25) is 9.89 Å². The van der Waals surface area contributed by atoms with Gasteiger partial charge in [0.2, 0.25) is 0 Å². The molecule has 1 heterocycles. The first-order chi connectivity index (χ1) is 14.5. The average Bonchev–Trinajstić information content (AvgIpc) is 2.77. The minimum absolute atomic E-state index is 0. The highest BCUT2D eigenvalue weighted by molar-refractivity contribution is 14.0. The molecule has 0 radical (unpaired) electrons. The van der Waals surface area contributed by atoms with Gasteiger partial charge in [0.1, 0.15) is 0 Å². The Morgan fingerprint density at radius 2 is 1.68 bits per heavy atom. The van der Waals surface area contributed by atoms with Crippen molar-refractivity contribution in [3.8, 4) is 0 Å². The summed E-state index contributed by atoms with van der Waals surface area (Å²) < 4.78 is 44.2. The van der Waals surface area contributed by atoms with Crippen LogP contribution in [0.15, 0.2) is 59.6 Å². The molecule has 1 saturated heterocycles. The molecule has 3 rings (SSSR count).